The number of nitrogens with one attached hydrogen (secondary N) is 1. The molecule has 1 aliphatic carbocycles. The summed E-state index contributed by atoms with van der Waals surface area (Å²) >= 11 is 0. The molecule has 1 aromatic carbocycles. The van der Waals surface area contributed by atoms with Crippen LogP contribution < -0.4 is 10.9 Å². The van der Waals surface area contributed by atoms with Crippen LogP contribution in [-0.2, 0) is 7.05 Å². The van der Waals surface area contributed by atoms with Gasteiger partial charge >= 0.3 is 0 Å². The van der Waals surface area contributed by atoms with Crippen LogP contribution in [0.3, 0.4) is 0 Å². The van der Waals surface area contributed by atoms with Gasteiger partial charge in [-0.15, -0.1) is 0 Å². The Balaban J connectivity index is 1.88. The number of benzene rings is 1. The molecule has 1 amide bonds. The quantitative estimate of drug-likeness (QED) is 0.758. The molecule has 6 nitrogen and oxygen atoms in total. The minimum atomic E-state index is -0.106. The van der Waals surface area contributed by atoms with Gasteiger partial charge in [-0.25, -0.2) is 0 Å². The van der Waals surface area contributed by atoms with Crippen molar-refractivity contribution in [2.45, 2.75) is 45.6 Å². The standard InChI is InChI=1S/C22H24N4O2/c1-12(2)19-20-15(11-23-25-19)10-18(22(28)26(20)4)17-9-14(6-5-13(17)3)21(27)24-16-7-8-16/h5-6,9-12,16H,7-8H2,1-4H3,(H,24,27). The van der Waals surface area contributed by atoms with Gasteiger partial charge in [-0.1, -0.05) is 19.9 Å². The Bertz CT molecular complexity index is 1140. The largest absolute Gasteiger partial charge is 0.349 e. The number of fused-ring (bicyclic) bond motifs is 1. The van der Waals surface area contributed by atoms with Crippen molar-refractivity contribution in [3.05, 3.63) is 57.6 Å². The lowest BCUT2D eigenvalue weighted by Gasteiger charge is -2.15. The highest BCUT2D eigenvalue weighted by atomic mass is 16.1. The molecule has 28 heavy (non-hydrogen) atoms. The molecule has 0 atom stereocenters. The van der Waals surface area contributed by atoms with Crippen molar-refractivity contribution in [2.24, 2.45) is 7.05 Å². The van der Waals surface area contributed by atoms with Crippen LogP contribution in [0.15, 0.2) is 35.3 Å². The van der Waals surface area contributed by atoms with Crippen LogP contribution in [0.4, 0.5) is 0 Å². The fourth-order valence-electron chi connectivity index (χ4n) is 3.51. The molecule has 0 unspecified atom stereocenters. The maximum Gasteiger partial charge on any atom is 0.258 e. The average molecular weight is 376 g/mol. The number of nitrogens with zero attached hydrogens (tertiary/aromatic N) is 3. The highest BCUT2D eigenvalue weighted by molar-refractivity contribution is 5.96. The number of carbonyl (C=O) groups is 1. The number of rotatable bonds is 4. The van der Waals surface area contributed by atoms with Crippen LogP contribution in [0.2, 0.25) is 0 Å². The molecule has 0 bridgehead atoms. The molecular formula is C22H24N4O2. The third-order valence-corrected chi connectivity index (χ3v) is 5.30. The Kier molecular flexibility index (Phi) is 4.49. The monoisotopic (exact) mass is 376 g/mol. The average Bonchev–Trinajstić information content (AvgIpc) is 3.48. The summed E-state index contributed by atoms with van der Waals surface area (Å²) in [6.07, 6.45) is 3.76. The predicted molar refractivity (Wildman–Crippen MR) is 110 cm³/mol. The van der Waals surface area contributed by atoms with Gasteiger partial charge in [0.2, 0.25) is 0 Å². The maximum absolute atomic E-state index is 13.2. The lowest BCUT2D eigenvalue weighted by atomic mass is 9.97. The summed E-state index contributed by atoms with van der Waals surface area (Å²) in [5.41, 5.74) is 4.36. The Morgan fingerprint density at radius 2 is 1.96 bits per heavy atom. The summed E-state index contributed by atoms with van der Waals surface area (Å²) in [5.74, 6) is 0.0677. The number of aromatic nitrogens is 3. The van der Waals surface area contributed by atoms with E-state index in [1.54, 1.807) is 17.8 Å². The molecule has 1 N–H and O–H groups in total. The molecule has 1 saturated carbocycles. The molecule has 6 heteroatoms. The minimum Gasteiger partial charge on any atom is -0.349 e. The smallest absolute Gasteiger partial charge is 0.258 e. The van der Waals surface area contributed by atoms with E-state index < -0.39 is 0 Å². The maximum atomic E-state index is 13.2. The molecule has 144 valence electrons. The van der Waals surface area contributed by atoms with Crippen LogP contribution in [0.25, 0.3) is 22.0 Å². The van der Waals surface area contributed by atoms with E-state index in [4.69, 9.17) is 0 Å². The van der Waals surface area contributed by atoms with Crippen molar-refractivity contribution in [1.29, 1.82) is 0 Å². The van der Waals surface area contributed by atoms with Gasteiger partial charge in [0.05, 0.1) is 17.4 Å². The van der Waals surface area contributed by atoms with Crippen molar-refractivity contribution in [3.8, 4) is 11.1 Å². The number of hydrogen-bond donors (Lipinski definition) is 1. The fraction of sp³-hybridized carbons (Fsp3) is 0.364. The van der Waals surface area contributed by atoms with E-state index in [1.807, 2.05) is 45.0 Å². The van der Waals surface area contributed by atoms with Gasteiger partial charge < -0.3 is 9.88 Å². The normalized spacial score (nSPS) is 13.9. The zero-order valence-corrected chi connectivity index (χ0v) is 16.6. The summed E-state index contributed by atoms with van der Waals surface area (Å²) in [4.78, 5) is 25.7. The van der Waals surface area contributed by atoms with Gasteiger partial charge in [-0.2, -0.15) is 10.2 Å². The third-order valence-electron chi connectivity index (χ3n) is 5.30. The van der Waals surface area contributed by atoms with Gasteiger partial charge in [0.25, 0.3) is 11.5 Å². The molecule has 2 aromatic heterocycles. The SMILES string of the molecule is Cc1ccc(C(=O)NC2CC2)cc1-c1cc2cnnc(C(C)C)c2n(C)c1=O. The Morgan fingerprint density at radius 1 is 1.21 bits per heavy atom. The van der Waals surface area contributed by atoms with E-state index in [-0.39, 0.29) is 17.4 Å². The molecule has 4 rings (SSSR count). The first-order valence-electron chi connectivity index (χ1n) is 9.64. The van der Waals surface area contributed by atoms with Crippen molar-refractivity contribution in [1.82, 2.24) is 20.1 Å². The third kappa shape index (κ3) is 3.19. The Morgan fingerprint density at radius 3 is 2.64 bits per heavy atom. The number of hydrogen-bond acceptors (Lipinski definition) is 4. The lowest BCUT2D eigenvalue weighted by Crippen LogP contribution is -2.25. The van der Waals surface area contributed by atoms with E-state index in [0.29, 0.717) is 17.2 Å². The van der Waals surface area contributed by atoms with Crippen molar-refractivity contribution >= 4 is 16.8 Å². The van der Waals surface area contributed by atoms with E-state index in [1.165, 1.54) is 0 Å². The number of pyridine rings is 1. The first-order valence-corrected chi connectivity index (χ1v) is 9.64. The van der Waals surface area contributed by atoms with Crippen molar-refractivity contribution in [2.75, 3.05) is 0 Å². The van der Waals surface area contributed by atoms with E-state index in [0.717, 1.165) is 40.6 Å². The molecule has 0 aliphatic heterocycles. The summed E-state index contributed by atoms with van der Waals surface area (Å²) in [6.45, 7) is 6.02. The van der Waals surface area contributed by atoms with Gasteiger partial charge in [-0.3, -0.25) is 9.59 Å². The predicted octanol–water partition coefficient (Wildman–Crippen LogP) is 3.32. The zero-order valence-electron chi connectivity index (χ0n) is 16.6. The summed E-state index contributed by atoms with van der Waals surface area (Å²) in [6, 6.07) is 7.67. The molecule has 1 fully saturated rings. The highest BCUT2D eigenvalue weighted by Crippen LogP contribution is 2.28. The summed E-state index contributed by atoms with van der Waals surface area (Å²) in [7, 11) is 1.76. The Labute approximate surface area is 163 Å². The molecule has 1 aliphatic rings. The molecule has 0 spiro atoms. The lowest BCUT2D eigenvalue weighted by molar-refractivity contribution is 0.0951. The second-order valence-corrected chi connectivity index (χ2v) is 7.89. The van der Waals surface area contributed by atoms with Crippen LogP contribution in [0.1, 0.15) is 54.2 Å². The van der Waals surface area contributed by atoms with Crippen LogP contribution >= 0.6 is 0 Å². The number of carbonyl (C=O) groups excluding carboxylic acids is 1. The highest BCUT2D eigenvalue weighted by Gasteiger charge is 2.24. The van der Waals surface area contributed by atoms with Crippen molar-refractivity contribution in [3.63, 3.8) is 0 Å². The topological polar surface area (TPSA) is 76.9 Å². The first kappa shape index (κ1) is 18.3. The first-order chi connectivity index (χ1) is 13.4. The number of aryl methyl sites for hydroxylation is 2. The zero-order chi connectivity index (χ0) is 20.0. The van der Waals surface area contributed by atoms with Crippen LogP contribution in [0.5, 0.6) is 0 Å². The molecule has 0 radical (unpaired) electrons. The minimum absolute atomic E-state index is 0.0886. The van der Waals surface area contributed by atoms with Crippen molar-refractivity contribution < 1.29 is 4.79 Å². The molecular weight excluding hydrogens is 352 g/mol. The number of amides is 1. The van der Waals surface area contributed by atoms with Gasteiger partial charge in [-0.05, 0) is 55.0 Å². The van der Waals surface area contributed by atoms with Gasteiger partial charge in [0.15, 0.2) is 0 Å². The van der Waals surface area contributed by atoms with E-state index in [9.17, 15) is 9.59 Å². The van der Waals surface area contributed by atoms with E-state index in [2.05, 4.69) is 15.5 Å². The van der Waals surface area contributed by atoms with E-state index >= 15 is 0 Å². The molecule has 0 saturated heterocycles. The summed E-state index contributed by atoms with van der Waals surface area (Å²) < 4.78 is 1.64. The van der Waals surface area contributed by atoms with Gasteiger partial charge in [0.1, 0.15) is 0 Å². The summed E-state index contributed by atoms with van der Waals surface area (Å²) in [5, 5.41) is 12.2. The van der Waals surface area contributed by atoms with Crippen LogP contribution in [0, 0.1) is 6.92 Å². The van der Waals surface area contributed by atoms with Gasteiger partial charge in [0, 0.05) is 29.6 Å². The molecule has 2 heterocycles. The molecule has 3 aromatic rings. The Hall–Kier alpha value is -3.02. The van der Waals surface area contributed by atoms with Crippen LogP contribution in [-0.4, -0.2) is 26.7 Å². The second-order valence-electron chi connectivity index (χ2n) is 7.89. The fourth-order valence-corrected chi connectivity index (χ4v) is 3.51. The second kappa shape index (κ2) is 6.86.